The van der Waals surface area contributed by atoms with Crippen molar-refractivity contribution in [1.29, 1.82) is 5.26 Å². The topological polar surface area (TPSA) is 64.4 Å². The second-order valence-electron chi connectivity index (χ2n) is 5.99. The first kappa shape index (κ1) is 18.8. The molecule has 1 aliphatic rings. The van der Waals surface area contributed by atoms with Gasteiger partial charge in [-0.2, -0.15) is 18.4 Å². The van der Waals surface area contributed by atoms with Crippen LogP contribution in [0.2, 0.25) is 0 Å². The summed E-state index contributed by atoms with van der Waals surface area (Å²) in [6, 6.07) is 3.66. The zero-order valence-corrected chi connectivity index (χ0v) is 13.9. The lowest BCUT2D eigenvalue weighted by molar-refractivity contribution is -0.137. The second kappa shape index (κ2) is 7.13. The van der Waals surface area contributed by atoms with Gasteiger partial charge in [-0.1, -0.05) is 13.3 Å². The number of halogens is 3. The molecular formula is C17H18F3N3O2. The van der Waals surface area contributed by atoms with Gasteiger partial charge in [-0.15, -0.1) is 0 Å². The Kier molecular flexibility index (Phi) is 5.36. The number of nitrogens with zero attached hydrogens (tertiary/aromatic N) is 3. The monoisotopic (exact) mass is 353 g/mol. The highest BCUT2D eigenvalue weighted by Crippen LogP contribution is 2.35. The first-order valence-corrected chi connectivity index (χ1v) is 7.90. The Morgan fingerprint density at radius 2 is 2.08 bits per heavy atom. The van der Waals surface area contributed by atoms with Crippen molar-refractivity contribution in [2.45, 2.75) is 32.9 Å². The highest BCUT2D eigenvalue weighted by atomic mass is 19.4. The van der Waals surface area contributed by atoms with E-state index in [0.717, 1.165) is 30.7 Å². The van der Waals surface area contributed by atoms with E-state index in [9.17, 15) is 22.8 Å². The molecule has 1 unspecified atom stereocenters. The van der Waals surface area contributed by atoms with E-state index in [2.05, 4.69) is 0 Å². The van der Waals surface area contributed by atoms with Gasteiger partial charge in [0, 0.05) is 20.0 Å². The Hall–Kier alpha value is -2.56. The average molecular weight is 353 g/mol. The third-order valence-corrected chi connectivity index (χ3v) is 4.33. The van der Waals surface area contributed by atoms with Crippen LogP contribution in [0.5, 0.6) is 0 Å². The van der Waals surface area contributed by atoms with Crippen LogP contribution in [0.3, 0.4) is 0 Å². The highest BCUT2D eigenvalue weighted by Gasteiger charge is 2.36. The van der Waals surface area contributed by atoms with E-state index < -0.39 is 29.2 Å². The fourth-order valence-corrected chi connectivity index (χ4v) is 2.91. The number of benzene rings is 1. The molecule has 1 aromatic carbocycles. The molecule has 0 spiro atoms. The SMILES string of the molecule is CCC1CCN(C(=O)N(C(C)=O)c2ccc(C#N)c(C(F)(F)F)c2)C1. The van der Waals surface area contributed by atoms with E-state index in [1.807, 2.05) is 6.92 Å². The number of rotatable bonds is 2. The fraction of sp³-hybridized carbons (Fsp3) is 0.471. The molecule has 0 N–H and O–H groups in total. The van der Waals surface area contributed by atoms with Crippen LogP contribution in [0.25, 0.3) is 0 Å². The lowest BCUT2D eigenvalue weighted by atomic mass is 10.1. The van der Waals surface area contributed by atoms with E-state index in [1.165, 1.54) is 17.0 Å². The van der Waals surface area contributed by atoms with Gasteiger partial charge in [0.1, 0.15) is 0 Å². The Morgan fingerprint density at radius 3 is 2.56 bits per heavy atom. The second-order valence-corrected chi connectivity index (χ2v) is 5.99. The maximum absolute atomic E-state index is 13.1. The van der Waals surface area contributed by atoms with Crippen LogP contribution in [-0.2, 0) is 11.0 Å². The van der Waals surface area contributed by atoms with Crippen LogP contribution in [-0.4, -0.2) is 29.9 Å². The molecular weight excluding hydrogens is 335 g/mol. The van der Waals surface area contributed by atoms with Crippen LogP contribution in [0.4, 0.5) is 23.7 Å². The van der Waals surface area contributed by atoms with Gasteiger partial charge in [0.25, 0.3) is 0 Å². The predicted molar refractivity (Wildman–Crippen MR) is 84.7 cm³/mol. The van der Waals surface area contributed by atoms with Crippen molar-refractivity contribution >= 4 is 17.6 Å². The minimum Gasteiger partial charge on any atom is -0.324 e. The number of hydrogen-bond donors (Lipinski definition) is 0. The summed E-state index contributed by atoms with van der Waals surface area (Å²) >= 11 is 0. The molecule has 1 saturated heterocycles. The quantitative estimate of drug-likeness (QED) is 0.813. The number of anilines is 1. The van der Waals surface area contributed by atoms with Gasteiger partial charge in [0.2, 0.25) is 5.91 Å². The van der Waals surface area contributed by atoms with Crippen molar-refractivity contribution in [1.82, 2.24) is 4.90 Å². The van der Waals surface area contributed by atoms with Gasteiger partial charge in [-0.3, -0.25) is 4.79 Å². The number of nitriles is 1. The standard InChI is InChI=1S/C17H18F3N3O2/c1-3-12-6-7-22(10-12)16(25)23(11(2)24)14-5-4-13(9-21)15(8-14)17(18,19)20/h4-5,8,12H,3,6-7,10H2,1-2H3. The molecule has 1 heterocycles. The van der Waals surface area contributed by atoms with Gasteiger partial charge in [0.05, 0.1) is 22.9 Å². The fourth-order valence-electron chi connectivity index (χ4n) is 2.91. The smallest absolute Gasteiger partial charge is 0.324 e. The third-order valence-electron chi connectivity index (χ3n) is 4.33. The minimum absolute atomic E-state index is 0.191. The summed E-state index contributed by atoms with van der Waals surface area (Å²) < 4.78 is 39.4. The molecule has 0 saturated carbocycles. The lowest BCUT2D eigenvalue weighted by Crippen LogP contribution is -2.45. The number of hydrogen-bond acceptors (Lipinski definition) is 3. The van der Waals surface area contributed by atoms with Crippen LogP contribution >= 0.6 is 0 Å². The first-order chi connectivity index (χ1) is 11.7. The van der Waals surface area contributed by atoms with Crippen molar-refractivity contribution in [2.75, 3.05) is 18.0 Å². The highest BCUT2D eigenvalue weighted by molar-refractivity contribution is 6.13. The number of carbonyl (C=O) groups excluding carboxylic acids is 2. The summed E-state index contributed by atoms with van der Waals surface area (Å²) in [7, 11) is 0. The normalized spacial score (nSPS) is 17.3. The van der Waals surface area contributed by atoms with E-state index in [1.54, 1.807) is 0 Å². The number of alkyl halides is 3. The van der Waals surface area contributed by atoms with Crippen LogP contribution in [0.1, 0.15) is 37.8 Å². The van der Waals surface area contributed by atoms with Crippen molar-refractivity contribution in [3.05, 3.63) is 29.3 Å². The number of imide groups is 1. The Labute approximate surface area is 143 Å². The molecule has 5 nitrogen and oxygen atoms in total. The van der Waals surface area contributed by atoms with E-state index >= 15 is 0 Å². The summed E-state index contributed by atoms with van der Waals surface area (Å²) in [6.45, 7) is 4.05. The molecule has 134 valence electrons. The molecule has 1 aliphatic heterocycles. The van der Waals surface area contributed by atoms with Gasteiger partial charge < -0.3 is 4.90 Å². The van der Waals surface area contributed by atoms with Gasteiger partial charge in [-0.25, -0.2) is 9.69 Å². The van der Waals surface area contributed by atoms with Gasteiger partial charge in [0.15, 0.2) is 0 Å². The zero-order valence-electron chi connectivity index (χ0n) is 13.9. The Balaban J connectivity index is 2.40. The van der Waals surface area contributed by atoms with Crippen molar-refractivity contribution in [3.8, 4) is 6.07 Å². The summed E-state index contributed by atoms with van der Waals surface area (Å²) in [5, 5.41) is 8.85. The van der Waals surface area contributed by atoms with Crippen molar-refractivity contribution in [2.24, 2.45) is 5.92 Å². The molecule has 0 aromatic heterocycles. The van der Waals surface area contributed by atoms with Crippen molar-refractivity contribution < 1.29 is 22.8 Å². The number of carbonyl (C=O) groups is 2. The zero-order chi connectivity index (χ0) is 18.8. The van der Waals surface area contributed by atoms with Crippen molar-refractivity contribution in [3.63, 3.8) is 0 Å². The molecule has 1 atom stereocenters. The molecule has 2 rings (SSSR count). The Bertz CT molecular complexity index is 725. The largest absolute Gasteiger partial charge is 0.417 e. The summed E-state index contributed by atoms with van der Waals surface area (Å²) in [5.41, 5.74) is -1.91. The third kappa shape index (κ3) is 3.92. The minimum atomic E-state index is -4.76. The Morgan fingerprint density at radius 1 is 1.40 bits per heavy atom. The van der Waals surface area contributed by atoms with E-state index in [4.69, 9.17) is 5.26 Å². The first-order valence-electron chi connectivity index (χ1n) is 7.90. The van der Waals surface area contributed by atoms with E-state index in [-0.39, 0.29) is 5.69 Å². The lowest BCUT2D eigenvalue weighted by Gasteiger charge is -2.26. The maximum atomic E-state index is 13.1. The van der Waals surface area contributed by atoms with Crippen LogP contribution in [0, 0.1) is 17.2 Å². The summed E-state index contributed by atoms with van der Waals surface area (Å²) in [5.74, 6) is -0.354. The molecule has 8 heteroatoms. The maximum Gasteiger partial charge on any atom is 0.417 e. The molecule has 3 amide bonds. The summed E-state index contributed by atoms with van der Waals surface area (Å²) in [6.07, 6.45) is -3.07. The average Bonchev–Trinajstić information content (AvgIpc) is 3.02. The summed E-state index contributed by atoms with van der Waals surface area (Å²) in [4.78, 5) is 26.8. The number of urea groups is 1. The predicted octanol–water partition coefficient (Wildman–Crippen LogP) is 3.78. The van der Waals surface area contributed by atoms with Gasteiger partial charge in [-0.05, 0) is 30.5 Å². The van der Waals surface area contributed by atoms with Crippen LogP contribution in [0.15, 0.2) is 18.2 Å². The number of amides is 3. The van der Waals surface area contributed by atoms with Gasteiger partial charge >= 0.3 is 12.2 Å². The molecule has 0 radical (unpaired) electrons. The molecule has 1 fully saturated rings. The van der Waals surface area contributed by atoms with E-state index in [0.29, 0.717) is 25.1 Å². The van der Waals surface area contributed by atoms with Crippen LogP contribution < -0.4 is 4.90 Å². The number of likely N-dealkylation sites (tertiary alicyclic amines) is 1. The molecule has 0 bridgehead atoms. The molecule has 1 aromatic rings. The molecule has 0 aliphatic carbocycles. The molecule has 25 heavy (non-hydrogen) atoms.